The van der Waals surface area contributed by atoms with Crippen LogP contribution in [0.15, 0.2) is 11.0 Å². The van der Waals surface area contributed by atoms with E-state index in [4.69, 9.17) is 5.73 Å². The number of nitrogens with zero attached hydrogens (tertiary/aromatic N) is 3. The van der Waals surface area contributed by atoms with E-state index >= 15 is 0 Å². The SMILES string of the molecule is Cn1cc(C[N+](C)(C)C)c2c(=O)[nH]c(N)nc21. The van der Waals surface area contributed by atoms with Crippen molar-refractivity contribution in [1.29, 1.82) is 0 Å². The molecule has 0 fully saturated rings. The molecule has 0 unspecified atom stereocenters. The second-order valence-electron chi connectivity index (χ2n) is 5.36. The molecule has 6 heteroatoms. The first-order chi connectivity index (χ1) is 7.78. The molecule has 0 saturated carbocycles. The first-order valence-corrected chi connectivity index (χ1v) is 5.42. The molecule has 0 aliphatic carbocycles. The van der Waals surface area contributed by atoms with Crippen LogP contribution in [0.25, 0.3) is 11.0 Å². The van der Waals surface area contributed by atoms with Gasteiger partial charge in [0.15, 0.2) is 0 Å². The number of nitrogens with one attached hydrogen (secondary N) is 1. The zero-order chi connectivity index (χ0) is 12.8. The van der Waals surface area contributed by atoms with Gasteiger partial charge in [-0.25, -0.2) is 0 Å². The molecule has 6 nitrogen and oxygen atoms in total. The highest BCUT2D eigenvalue weighted by molar-refractivity contribution is 5.80. The maximum atomic E-state index is 11.9. The lowest BCUT2D eigenvalue weighted by Gasteiger charge is -2.23. The van der Waals surface area contributed by atoms with Crippen molar-refractivity contribution >= 4 is 17.0 Å². The number of quaternary nitrogens is 1. The van der Waals surface area contributed by atoms with Crippen LogP contribution in [0.2, 0.25) is 0 Å². The van der Waals surface area contributed by atoms with Crippen LogP contribution in [-0.4, -0.2) is 40.2 Å². The average Bonchev–Trinajstić information content (AvgIpc) is 2.39. The lowest BCUT2D eigenvalue weighted by molar-refractivity contribution is -0.883. The van der Waals surface area contributed by atoms with Gasteiger partial charge in [0, 0.05) is 18.8 Å². The van der Waals surface area contributed by atoms with E-state index in [1.165, 1.54) is 0 Å². The number of hydrogen-bond donors (Lipinski definition) is 2. The Bertz CT molecular complexity index is 617. The Kier molecular flexibility index (Phi) is 2.46. The van der Waals surface area contributed by atoms with E-state index in [9.17, 15) is 4.79 Å². The van der Waals surface area contributed by atoms with Crippen molar-refractivity contribution in [2.24, 2.45) is 7.05 Å². The van der Waals surface area contributed by atoms with E-state index < -0.39 is 0 Å². The predicted molar refractivity (Wildman–Crippen MR) is 67.5 cm³/mol. The summed E-state index contributed by atoms with van der Waals surface area (Å²) in [6.45, 7) is 0.770. The van der Waals surface area contributed by atoms with Crippen molar-refractivity contribution in [3.8, 4) is 0 Å². The van der Waals surface area contributed by atoms with Gasteiger partial charge in [-0.15, -0.1) is 0 Å². The predicted octanol–water partition coefficient (Wildman–Crippen LogP) is 0.0500. The lowest BCUT2D eigenvalue weighted by Crippen LogP contribution is -2.33. The standard InChI is InChI=1S/C11H17N5O/c1-15-5-7(6-16(2,3)4)8-9(15)13-11(12)14-10(8)17/h5H,6H2,1-4H3,(H2-,12,13,14,17)/p+1. The van der Waals surface area contributed by atoms with E-state index in [1.807, 2.05) is 17.8 Å². The summed E-state index contributed by atoms with van der Waals surface area (Å²) in [5.41, 5.74) is 7.00. The molecule has 0 saturated heterocycles. The minimum atomic E-state index is -0.170. The molecule has 2 rings (SSSR count). The van der Waals surface area contributed by atoms with E-state index in [-0.39, 0.29) is 11.5 Å². The second kappa shape index (κ2) is 3.59. The molecule has 0 radical (unpaired) electrons. The number of aryl methyl sites for hydroxylation is 1. The van der Waals surface area contributed by atoms with Crippen LogP contribution < -0.4 is 11.3 Å². The van der Waals surface area contributed by atoms with Gasteiger partial charge in [0.2, 0.25) is 5.95 Å². The minimum Gasteiger partial charge on any atom is -0.369 e. The maximum Gasteiger partial charge on any atom is 0.262 e. The van der Waals surface area contributed by atoms with Crippen molar-refractivity contribution in [3.05, 3.63) is 22.1 Å². The number of fused-ring (bicyclic) bond motifs is 1. The summed E-state index contributed by atoms with van der Waals surface area (Å²) in [5, 5.41) is 0.634. The van der Waals surface area contributed by atoms with Gasteiger partial charge < -0.3 is 14.8 Å². The van der Waals surface area contributed by atoms with E-state index in [0.29, 0.717) is 11.0 Å². The molecular formula is C11H18N5O+. The third-order valence-corrected chi connectivity index (χ3v) is 2.57. The smallest absolute Gasteiger partial charge is 0.262 e. The van der Waals surface area contributed by atoms with Gasteiger partial charge in [0.05, 0.1) is 26.5 Å². The quantitative estimate of drug-likeness (QED) is 0.723. The Hall–Kier alpha value is -1.82. The van der Waals surface area contributed by atoms with Gasteiger partial charge >= 0.3 is 0 Å². The molecule has 3 N–H and O–H groups in total. The Labute approximate surface area is 99.3 Å². The first kappa shape index (κ1) is 11.7. The molecule has 0 amide bonds. The first-order valence-electron chi connectivity index (χ1n) is 5.42. The van der Waals surface area contributed by atoms with Crippen LogP contribution >= 0.6 is 0 Å². The van der Waals surface area contributed by atoms with Gasteiger partial charge in [-0.2, -0.15) is 4.98 Å². The number of nitrogens with two attached hydrogens (primary N) is 1. The summed E-state index contributed by atoms with van der Waals surface area (Å²) in [6, 6.07) is 0. The summed E-state index contributed by atoms with van der Waals surface area (Å²) in [6.07, 6.45) is 1.94. The highest BCUT2D eigenvalue weighted by Gasteiger charge is 2.18. The molecule has 2 aromatic rings. The van der Waals surface area contributed by atoms with E-state index in [1.54, 1.807) is 0 Å². The maximum absolute atomic E-state index is 11.9. The fourth-order valence-electron chi connectivity index (χ4n) is 2.01. The van der Waals surface area contributed by atoms with Crippen molar-refractivity contribution in [3.63, 3.8) is 0 Å². The Morgan fingerprint density at radius 3 is 2.71 bits per heavy atom. The number of rotatable bonds is 2. The monoisotopic (exact) mass is 236 g/mol. The lowest BCUT2D eigenvalue weighted by atomic mass is 10.2. The fraction of sp³-hybridized carbons (Fsp3) is 0.455. The van der Waals surface area contributed by atoms with Crippen LogP contribution in [0.1, 0.15) is 5.56 Å². The number of aromatic nitrogens is 3. The van der Waals surface area contributed by atoms with Crippen LogP contribution in [-0.2, 0) is 13.6 Å². The van der Waals surface area contributed by atoms with Gasteiger partial charge in [-0.1, -0.05) is 0 Å². The molecule has 92 valence electrons. The number of H-pyrrole nitrogens is 1. The van der Waals surface area contributed by atoms with Crippen LogP contribution in [0.3, 0.4) is 0 Å². The van der Waals surface area contributed by atoms with Crippen LogP contribution in [0.4, 0.5) is 5.95 Å². The highest BCUT2D eigenvalue weighted by Crippen LogP contribution is 2.18. The molecule has 0 aromatic carbocycles. The zero-order valence-electron chi connectivity index (χ0n) is 10.6. The molecule has 0 spiro atoms. The van der Waals surface area contributed by atoms with Crippen molar-refractivity contribution in [2.45, 2.75) is 6.54 Å². The van der Waals surface area contributed by atoms with Crippen LogP contribution in [0.5, 0.6) is 0 Å². The number of anilines is 1. The zero-order valence-corrected chi connectivity index (χ0v) is 10.6. The second-order valence-corrected chi connectivity index (χ2v) is 5.36. The number of nitrogen functional groups attached to an aromatic ring is 1. The third-order valence-electron chi connectivity index (χ3n) is 2.57. The topological polar surface area (TPSA) is 76.7 Å². The van der Waals surface area contributed by atoms with Crippen molar-refractivity contribution in [1.82, 2.24) is 14.5 Å². The van der Waals surface area contributed by atoms with Gasteiger partial charge in [-0.05, 0) is 0 Å². The largest absolute Gasteiger partial charge is 0.369 e. The van der Waals surface area contributed by atoms with Crippen molar-refractivity contribution < 1.29 is 4.48 Å². The molecule has 0 atom stereocenters. The Balaban J connectivity index is 2.71. The van der Waals surface area contributed by atoms with Crippen LogP contribution in [0, 0.1) is 0 Å². The molecule has 2 aromatic heterocycles. The summed E-state index contributed by atoms with van der Waals surface area (Å²) < 4.78 is 2.59. The van der Waals surface area contributed by atoms with E-state index in [0.717, 1.165) is 16.6 Å². The number of hydrogen-bond acceptors (Lipinski definition) is 3. The van der Waals surface area contributed by atoms with Gasteiger partial charge in [0.25, 0.3) is 5.56 Å². The molecule has 17 heavy (non-hydrogen) atoms. The fourth-order valence-corrected chi connectivity index (χ4v) is 2.01. The summed E-state index contributed by atoms with van der Waals surface area (Å²) in [4.78, 5) is 18.6. The van der Waals surface area contributed by atoms with Crippen molar-refractivity contribution in [2.75, 3.05) is 26.9 Å². The molecular weight excluding hydrogens is 218 g/mol. The minimum absolute atomic E-state index is 0.153. The molecule has 0 aliphatic heterocycles. The summed E-state index contributed by atoms with van der Waals surface area (Å²) in [7, 11) is 8.11. The normalized spacial score (nSPS) is 12.2. The Morgan fingerprint density at radius 2 is 2.12 bits per heavy atom. The molecule has 0 aliphatic rings. The summed E-state index contributed by atoms with van der Waals surface area (Å²) >= 11 is 0. The highest BCUT2D eigenvalue weighted by atomic mass is 16.1. The van der Waals surface area contributed by atoms with E-state index in [2.05, 4.69) is 31.1 Å². The molecule has 2 heterocycles. The average molecular weight is 236 g/mol. The number of aromatic amines is 1. The summed E-state index contributed by atoms with van der Waals surface area (Å²) in [5.74, 6) is 0.153. The molecule has 0 bridgehead atoms. The third kappa shape index (κ3) is 2.16. The van der Waals surface area contributed by atoms with Gasteiger partial charge in [-0.3, -0.25) is 9.78 Å². The Morgan fingerprint density at radius 1 is 1.47 bits per heavy atom. The van der Waals surface area contributed by atoms with Gasteiger partial charge in [0.1, 0.15) is 12.2 Å².